The Bertz CT molecular complexity index is 419. The summed E-state index contributed by atoms with van der Waals surface area (Å²) in [6.07, 6.45) is 2.36. The number of halogens is 2. The van der Waals surface area contributed by atoms with Gasteiger partial charge in [-0.15, -0.1) is 11.6 Å². The van der Waals surface area contributed by atoms with Crippen LogP contribution in [0.3, 0.4) is 0 Å². The lowest BCUT2D eigenvalue weighted by Gasteiger charge is -2.17. The van der Waals surface area contributed by atoms with Crippen LogP contribution in [0, 0.1) is 0 Å². The van der Waals surface area contributed by atoms with Gasteiger partial charge >= 0.3 is 0 Å². The maximum atomic E-state index is 5.87. The van der Waals surface area contributed by atoms with Gasteiger partial charge in [-0.05, 0) is 53.4 Å². The van der Waals surface area contributed by atoms with Crippen molar-refractivity contribution < 1.29 is 14.2 Å². The van der Waals surface area contributed by atoms with Crippen LogP contribution < -0.4 is 9.47 Å². The Kier molecular flexibility index (Phi) is 5.79. The van der Waals surface area contributed by atoms with Gasteiger partial charge in [0.2, 0.25) is 0 Å². The van der Waals surface area contributed by atoms with E-state index in [0.29, 0.717) is 19.1 Å². The fraction of sp³-hybridized carbons (Fsp3) is 0.571. The normalized spacial score (nSPS) is 18.6. The molecular weight excluding hydrogens is 332 g/mol. The van der Waals surface area contributed by atoms with E-state index in [0.717, 1.165) is 41.0 Å². The van der Waals surface area contributed by atoms with Crippen molar-refractivity contribution in [3.8, 4) is 11.5 Å². The summed E-state index contributed by atoms with van der Waals surface area (Å²) in [5.41, 5.74) is 1.00. The molecule has 1 fully saturated rings. The van der Waals surface area contributed by atoms with Gasteiger partial charge in [0.15, 0.2) is 11.5 Å². The molecule has 5 heteroatoms. The summed E-state index contributed by atoms with van der Waals surface area (Å²) >= 11 is 9.38. The van der Waals surface area contributed by atoms with Gasteiger partial charge in [-0.2, -0.15) is 0 Å². The summed E-state index contributed by atoms with van der Waals surface area (Å²) in [6, 6.07) is 3.88. The monoisotopic (exact) mass is 348 g/mol. The van der Waals surface area contributed by atoms with Gasteiger partial charge in [0.25, 0.3) is 0 Å². The minimum Gasteiger partial charge on any atom is -0.490 e. The van der Waals surface area contributed by atoms with Crippen molar-refractivity contribution in [2.45, 2.75) is 31.7 Å². The van der Waals surface area contributed by atoms with Crippen molar-refractivity contribution >= 4 is 27.5 Å². The molecule has 0 saturated carbocycles. The average molecular weight is 350 g/mol. The first-order valence-corrected chi connectivity index (χ1v) is 7.83. The molecule has 1 aliphatic rings. The predicted octanol–water partition coefficient (Wildman–Crippen LogP) is 4.14. The van der Waals surface area contributed by atoms with Crippen molar-refractivity contribution in [2.24, 2.45) is 0 Å². The van der Waals surface area contributed by atoms with Crippen LogP contribution in [0.2, 0.25) is 0 Å². The third kappa shape index (κ3) is 4.01. The number of rotatable bonds is 6. The van der Waals surface area contributed by atoms with E-state index in [4.69, 9.17) is 25.8 Å². The predicted molar refractivity (Wildman–Crippen MR) is 79.3 cm³/mol. The van der Waals surface area contributed by atoms with E-state index in [2.05, 4.69) is 15.9 Å². The highest BCUT2D eigenvalue weighted by molar-refractivity contribution is 9.10. The lowest BCUT2D eigenvalue weighted by molar-refractivity contribution is 0.0664. The molecule has 3 nitrogen and oxygen atoms in total. The van der Waals surface area contributed by atoms with Crippen LogP contribution in [0.15, 0.2) is 16.6 Å². The first-order chi connectivity index (χ1) is 9.24. The Hall–Kier alpha value is -0.450. The quantitative estimate of drug-likeness (QED) is 0.722. The maximum absolute atomic E-state index is 5.87. The Morgan fingerprint density at radius 2 is 2.26 bits per heavy atom. The number of alkyl halides is 1. The SMILES string of the molecule is CCOc1cc(CCl)cc(Br)c1OCC1CCCO1. The zero-order chi connectivity index (χ0) is 13.7. The molecule has 1 aromatic rings. The smallest absolute Gasteiger partial charge is 0.175 e. The van der Waals surface area contributed by atoms with E-state index in [9.17, 15) is 0 Å². The van der Waals surface area contributed by atoms with Gasteiger partial charge in [-0.3, -0.25) is 0 Å². The van der Waals surface area contributed by atoms with E-state index < -0.39 is 0 Å². The van der Waals surface area contributed by atoms with Crippen LogP contribution >= 0.6 is 27.5 Å². The van der Waals surface area contributed by atoms with E-state index in [1.807, 2.05) is 19.1 Å². The number of hydrogen-bond donors (Lipinski definition) is 0. The first kappa shape index (κ1) is 14.9. The second kappa shape index (κ2) is 7.36. The summed E-state index contributed by atoms with van der Waals surface area (Å²) in [5, 5.41) is 0. The topological polar surface area (TPSA) is 27.7 Å². The van der Waals surface area contributed by atoms with Crippen LogP contribution in [-0.4, -0.2) is 25.9 Å². The number of ether oxygens (including phenoxy) is 3. The Morgan fingerprint density at radius 1 is 1.42 bits per heavy atom. The fourth-order valence-electron chi connectivity index (χ4n) is 2.05. The highest BCUT2D eigenvalue weighted by Crippen LogP contribution is 2.37. The van der Waals surface area contributed by atoms with Crippen molar-refractivity contribution in [1.29, 1.82) is 0 Å². The van der Waals surface area contributed by atoms with Crippen LogP contribution in [0.25, 0.3) is 0 Å². The van der Waals surface area contributed by atoms with Gasteiger partial charge in [-0.1, -0.05) is 0 Å². The summed E-state index contributed by atoms with van der Waals surface area (Å²) in [5.74, 6) is 1.90. The van der Waals surface area contributed by atoms with Crippen molar-refractivity contribution in [2.75, 3.05) is 19.8 Å². The summed E-state index contributed by atoms with van der Waals surface area (Å²) in [4.78, 5) is 0. The molecule has 19 heavy (non-hydrogen) atoms. The molecule has 1 atom stereocenters. The highest BCUT2D eigenvalue weighted by atomic mass is 79.9. The van der Waals surface area contributed by atoms with Crippen molar-refractivity contribution in [3.05, 3.63) is 22.2 Å². The largest absolute Gasteiger partial charge is 0.490 e. The number of benzene rings is 1. The molecule has 1 aromatic carbocycles. The zero-order valence-corrected chi connectivity index (χ0v) is 13.3. The second-order valence-corrected chi connectivity index (χ2v) is 5.54. The van der Waals surface area contributed by atoms with E-state index in [1.165, 1.54) is 0 Å². The van der Waals surface area contributed by atoms with Crippen molar-refractivity contribution in [1.82, 2.24) is 0 Å². The van der Waals surface area contributed by atoms with Crippen LogP contribution in [-0.2, 0) is 10.6 Å². The summed E-state index contributed by atoms with van der Waals surface area (Å²) < 4.78 is 17.9. The number of hydrogen-bond acceptors (Lipinski definition) is 3. The minimum atomic E-state index is 0.189. The molecule has 0 spiro atoms. The summed E-state index contributed by atoms with van der Waals surface area (Å²) in [6.45, 7) is 3.93. The Balaban J connectivity index is 2.11. The molecule has 0 aromatic heterocycles. The van der Waals surface area contributed by atoms with Gasteiger partial charge < -0.3 is 14.2 Å². The minimum absolute atomic E-state index is 0.189. The molecular formula is C14H18BrClO3. The van der Waals surface area contributed by atoms with Crippen LogP contribution in [0.4, 0.5) is 0 Å². The molecule has 0 N–H and O–H groups in total. The maximum Gasteiger partial charge on any atom is 0.175 e. The lowest BCUT2D eigenvalue weighted by Crippen LogP contribution is -2.17. The lowest BCUT2D eigenvalue weighted by atomic mass is 10.2. The first-order valence-electron chi connectivity index (χ1n) is 6.50. The van der Waals surface area contributed by atoms with E-state index in [-0.39, 0.29) is 6.10 Å². The summed E-state index contributed by atoms with van der Waals surface area (Å²) in [7, 11) is 0. The molecule has 1 unspecified atom stereocenters. The standard InChI is InChI=1S/C14H18BrClO3/c1-2-17-13-7-10(8-16)6-12(15)14(13)19-9-11-4-3-5-18-11/h6-7,11H,2-5,8-9H2,1H3. The van der Waals surface area contributed by atoms with Gasteiger partial charge in [0.1, 0.15) is 6.61 Å². The van der Waals surface area contributed by atoms with E-state index in [1.54, 1.807) is 0 Å². The highest BCUT2D eigenvalue weighted by Gasteiger charge is 2.18. The van der Waals surface area contributed by atoms with Crippen molar-refractivity contribution in [3.63, 3.8) is 0 Å². The van der Waals surface area contributed by atoms with Gasteiger partial charge in [0, 0.05) is 12.5 Å². The third-order valence-electron chi connectivity index (χ3n) is 2.96. The van der Waals surface area contributed by atoms with Gasteiger partial charge in [0.05, 0.1) is 17.2 Å². The van der Waals surface area contributed by atoms with E-state index >= 15 is 0 Å². The third-order valence-corrected chi connectivity index (χ3v) is 3.86. The molecule has 1 heterocycles. The molecule has 106 valence electrons. The molecule has 2 rings (SSSR count). The molecule has 0 bridgehead atoms. The molecule has 1 aliphatic heterocycles. The fourth-order valence-corrected chi connectivity index (χ4v) is 2.81. The van der Waals surface area contributed by atoms with Crippen LogP contribution in [0.1, 0.15) is 25.3 Å². The molecule has 1 saturated heterocycles. The zero-order valence-electron chi connectivity index (χ0n) is 11.0. The molecule has 0 aliphatic carbocycles. The molecule has 0 radical (unpaired) electrons. The van der Waals surface area contributed by atoms with Gasteiger partial charge in [-0.25, -0.2) is 0 Å². The average Bonchev–Trinajstić information content (AvgIpc) is 2.91. The molecule has 0 amide bonds. The Labute approximate surface area is 127 Å². The van der Waals surface area contributed by atoms with Crippen LogP contribution in [0.5, 0.6) is 11.5 Å². The Morgan fingerprint density at radius 3 is 2.89 bits per heavy atom. The second-order valence-electron chi connectivity index (χ2n) is 4.42.